The van der Waals surface area contributed by atoms with E-state index in [2.05, 4.69) is 10.0 Å². The summed E-state index contributed by atoms with van der Waals surface area (Å²) < 4.78 is 46.9. The molecule has 1 aromatic carbocycles. The molecule has 0 amide bonds. The largest absolute Gasteiger partial charge is 0.379 e. The average Bonchev–Trinajstić information content (AvgIpc) is 2.80. The number of hydrogen-bond donors (Lipinski definition) is 2. The molecule has 0 aromatic heterocycles. The van der Waals surface area contributed by atoms with Crippen LogP contribution in [0.2, 0.25) is 0 Å². The molecule has 0 radical (unpaired) electrons. The van der Waals surface area contributed by atoms with Crippen molar-refractivity contribution in [2.75, 3.05) is 20.3 Å². The number of sulfonamides is 1. The molecule has 1 atom stereocenters. The molecule has 1 unspecified atom stereocenters. The van der Waals surface area contributed by atoms with Gasteiger partial charge in [-0.15, -0.1) is 0 Å². The molecular formula is C14H21FN2O3S. The maximum absolute atomic E-state index is 14.0. The Morgan fingerprint density at radius 3 is 2.71 bits per heavy atom. The number of nitrogens with one attached hydrogen (secondary N) is 2. The van der Waals surface area contributed by atoms with Gasteiger partial charge in [-0.3, -0.25) is 0 Å². The topological polar surface area (TPSA) is 67.4 Å². The van der Waals surface area contributed by atoms with Gasteiger partial charge in [-0.2, -0.15) is 0 Å². The summed E-state index contributed by atoms with van der Waals surface area (Å²) in [6.07, 6.45) is 0.621. The normalized spacial score (nSPS) is 22.7. The maximum atomic E-state index is 14.0. The first-order valence-corrected chi connectivity index (χ1v) is 8.31. The summed E-state index contributed by atoms with van der Waals surface area (Å²) in [5.74, 6) is -0.376. The molecule has 0 bridgehead atoms. The molecule has 21 heavy (non-hydrogen) atoms. The Bertz CT molecular complexity index is 625. The zero-order chi connectivity index (χ0) is 15.7. The van der Waals surface area contributed by atoms with Crippen LogP contribution in [0.4, 0.5) is 4.39 Å². The van der Waals surface area contributed by atoms with Crippen molar-refractivity contribution < 1.29 is 17.5 Å². The second-order valence-corrected chi connectivity index (χ2v) is 7.39. The van der Waals surface area contributed by atoms with Gasteiger partial charge in [-0.05, 0) is 45.0 Å². The molecule has 1 fully saturated rings. The minimum Gasteiger partial charge on any atom is -0.379 e. The van der Waals surface area contributed by atoms with Crippen molar-refractivity contribution in [1.29, 1.82) is 0 Å². The quantitative estimate of drug-likeness (QED) is 0.859. The SMILES string of the molecule is CNCc1cc(S(=O)(=O)NC2(C)CCOC2)cc(C)c1F. The molecule has 1 aliphatic rings. The van der Waals surface area contributed by atoms with Crippen molar-refractivity contribution in [3.8, 4) is 0 Å². The van der Waals surface area contributed by atoms with E-state index in [1.807, 2.05) is 6.92 Å². The number of ether oxygens (including phenoxy) is 1. The van der Waals surface area contributed by atoms with Crippen LogP contribution < -0.4 is 10.0 Å². The van der Waals surface area contributed by atoms with Gasteiger partial charge in [0.1, 0.15) is 5.82 Å². The average molecular weight is 316 g/mol. The first kappa shape index (κ1) is 16.4. The maximum Gasteiger partial charge on any atom is 0.241 e. The molecule has 2 N–H and O–H groups in total. The van der Waals surface area contributed by atoms with Crippen LogP contribution in [0.15, 0.2) is 17.0 Å². The summed E-state index contributed by atoms with van der Waals surface area (Å²) in [4.78, 5) is 0.0831. The fourth-order valence-corrected chi connectivity index (χ4v) is 3.97. The Morgan fingerprint density at radius 1 is 1.43 bits per heavy atom. The Kier molecular flexibility index (Phi) is 4.67. The van der Waals surface area contributed by atoms with Gasteiger partial charge in [0, 0.05) is 18.7 Å². The van der Waals surface area contributed by atoms with Gasteiger partial charge in [0.05, 0.1) is 17.0 Å². The summed E-state index contributed by atoms with van der Waals surface area (Å²) in [6.45, 7) is 4.52. The standard InChI is InChI=1S/C14H21FN2O3S/c1-10-6-12(7-11(8-16-3)13(10)15)21(18,19)17-14(2)4-5-20-9-14/h6-7,16-17H,4-5,8-9H2,1-3H3. The van der Waals surface area contributed by atoms with Crippen molar-refractivity contribution in [1.82, 2.24) is 10.0 Å². The van der Waals surface area contributed by atoms with E-state index in [9.17, 15) is 12.8 Å². The molecule has 1 aliphatic heterocycles. The lowest BCUT2D eigenvalue weighted by molar-refractivity contribution is 0.178. The highest BCUT2D eigenvalue weighted by Gasteiger charge is 2.34. The molecule has 118 valence electrons. The van der Waals surface area contributed by atoms with E-state index in [1.54, 1.807) is 14.0 Å². The molecule has 1 aromatic rings. The van der Waals surface area contributed by atoms with Crippen LogP contribution in [0.1, 0.15) is 24.5 Å². The van der Waals surface area contributed by atoms with E-state index >= 15 is 0 Å². The summed E-state index contributed by atoms with van der Waals surface area (Å²) in [7, 11) is -2.02. The Hall–Kier alpha value is -1.02. The van der Waals surface area contributed by atoms with Gasteiger partial charge in [0.25, 0.3) is 0 Å². The van der Waals surface area contributed by atoms with E-state index in [4.69, 9.17) is 4.74 Å². The van der Waals surface area contributed by atoms with Crippen LogP contribution in [0, 0.1) is 12.7 Å². The molecule has 0 spiro atoms. The van der Waals surface area contributed by atoms with Crippen molar-refractivity contribution in [3.05, 3.63) is 29.1 Å². The predicted molar refractivity (Wildman–Crippen MR) is 78.1 cm³/mol. The van der Waals surface area contributed by atoms with Gasteiger partial charge >= 0.3 is 0 Å². The monoisotopic (exact) mass is 316 g/mol. The minimum atomic E-state index is -3.71. The Morgan fingerprint density at radius 2 is 2.14 bits per heavy atom. The summed E-state index contributed by atoms with van der Waals surface area (Å²) in [5.41, 5.74) is 0.0475. The second kappa shape index (κ2) is 6.00. The van der Waals surface area contributed by atoms with Crippen LogP contribution in [-0.4, -0.2) is 34.2 Å². The lowest BCUT2D eigenvalue weighted by Crippen LogP contribution is -2.46. The number of hydrogen-bond acceptors (Lipinski definition) is 4. The first-order chi connectivity index (χ1) is 9.77. The van der Waals surface area contributed by atoms with Crippen LogP contribution in [-0.2, 0) is 21.3 Å². The van der Waals surface area contributed by atoms with E-state index in [0.29, 0.717) is 30.8 Å². The summed E-state index contributed by atoms with van der Waals surface area (Å²) >= 11 is 0. The van der Waals surface area contributed by atoms with Crippen LogP contribution >= 0.6 is 0 Å². The number of benzene rings is 1. The molecule has 1 heterocycles. The van der Waals surface area contributed by atoms with Gasteiger partial charge in [-0.1, -0.05) is 0 Å². The third-order valence-electron chi connectivity index (χ3n) is 3.58. The number of aryl methyl sites for hydroxylation is 1. The van der Waals surface area contributed by atoms with E-state index in [-0.39, 0.29) is 17.3 Å². The molecule has 0 saturated carbocycles. The summed E-state index contributed by atoms with van der Waals surface area (Å²) in [6, 6.07) is 2.73. The fourth-order valence-electron chi connectivity index (χ4n) is 2.41. The van der Waals surface area contributed by atoms with Gasteiger partial charge in [0.2, 0.25) is 10.0 Å². The van der Waals surface area contributed by atoms with Crippen LogP contribution in [0.5, 0.6) is 0 Å². The van der Waals surface area contributed by atoms with Crippen LogP contribution in [0.3, 0.4) is 0 Å². The highest BCUT2D eigenvalue weighted by atomic mass is 32.2. The molecule has 7 heteroatoms. The molecule has 0 aliphatic carbocycles. The van der Waals surface area contributed by atoms with Crippen molar-refractivity contribution in [3.63, 3.8) is 0 Å². The molecule has 2 rings (SSSR count). The minimum absolute atomic E-state index is 0.0831. The molecule has 5 nitrogen and oxygen atoms in total. The fraction of sp³-hybridized carbons (Fsp3) is 0.571. The van der Waals surface area contributed by atoms with Crippen molar-refractivity contribution >= 4 is 10.0 Å². The third-order valence-corrected chi connectivity index (χ3v) is 5.20. The molecular weight excluding hydrogens is 295 g/mol. The zero-order valence-corrected chi connectivity index (χ0v) is 13.3. The summed E-state index contributed by atoms with van der Waals surface area (Å²) in [5, 5.41) is 2.84. The Labute approximate surface area is 124 Å². The van der Waals surface area contributed by atoms with Crippen LogP contribution in [0.25, 0.3) is 0 Å². The van der Waals surface area contributed by atoms with Gasteiger partial charge < -0.3 is 10.1 Å². The number of rotatable bonds is 5. The highest BCUT2D eigenvalue weighted by molar-refractivity contribution is 7.89. The number of halogens is 1. The van der Waals surface area contributed by atoms with Crippen molar-refractivity contribution in [2.24, 2.45) is 0 Å². The highest BCUT2D eigenvalue weighted by Crippen LogP contribution is 2.24. The van der Waals surface area contributed by atoms with E-state index in [1.165, 1.54) is 12.1 Å². The third kappa shape index (κ3) is 3.60. The molecule has 1 saturated heterocycles. The van der Waals surface area contributed by atoms with E-state index in [0.717, 1.165) is 0 Å². The second-order valence-electron chi connectivity index (χ2n) is 5.71. The Balaban J connectivity index is 2.35. The predicted octanol–water partition coefficient (Wildman–Crippen LogP) is 1.31. The smallest absolute Gasteiger partial charge is 0.241 e. The first-order valence-electron chi connectivity index (χ1n) is 6.83. The van der Waals surface area contributed by atoms with Gasteiger partial charge in [0.15, 0.2) is 0 Å². The lowest BCUT2D eigenvalue weighted by atomic mass is 10.0. The zero-order valence-electron chi connectivity index (χ0n) is 12.5. The van der Waals surface area contributed by atoms with Crippen molar-refractivity contribution in [2.45, 2.75) is 37.2 Å². The van der Waals surface area contributed by atoms with E-state index < -0.39 is 15.6 Å². The lowest BCUT2D eigenvalue weighted by Gasteiger charge is -2.23. The van der Waals surface area contributed by atoms with Gasteiger partial charge in [-0.25, -0.2) is 17.5 Å².